The van der Waals surface area contributed by atoms with Gasteiger partial charge in [-0.05, 0) is 32.6 Å². The van der Waals surface area contributed by atoms with Crippen LogP contribution in [0.15, 0.2) is 4.42 Å². The molecule has 0 atom stereocenters. The molecule has 1 saturated heterocycles. The first-order chi connectivity index (χ1) is 11.1. The molecule has 2 fully saturated rings. The van der Waals surface area contributed by atoms with Crippen LogP contribution >= 0.6 is 11.3 Å². The zero-order valence-corrected chi connectivity index (χ0v) is 13.7. The summed E-state index contributed by atoms with van der Waals surface area (Å²) in [5.41, 5.74) is 0.617. The minimum Gasteiger partial charge on any atom is -0.477 e. The number of aryl methyl sites for hydroxylation is 1. The van der Waals surface area contributed by atoms with E-state index in [0.717, 1.165) is 49.7 Å². The fraction of sp³-hybridized carbons (Fsp3) is 0.600. The molecule has 1 N–H and O–H groups in total. The van der Waals surface area contributed by atoms with Gasteiger partial charge in [0.15, 0.2) is 0 Å². The predicted octanol–water partition coefficient (Wildman–Crippen LogP) is 2.79. The number of carboxylic acids is 1. The number of piperidine rings is 1. The van der Waals surface area contributed by atoms with E-state index in [1.807, 2.05) is 0 Å². The van der Waals surface area contributed by atoms with Gasteiger partial charge >= 0.3 is 12.0 Å². The molecular weight excluding hydrogens is 316 g/mol. The maximum Gasteiger partial charge on any atom is 0.347 e. The van der Waals surface area contributed by atoms with Gasteiger partial charge < -0.3 is 14.4 Å². The fourth-order valence-corrected chi connectivity index (χ4v) is 4.03. The smallest absolute Gasteiger partial charge is 0.347 e. The summed E-state index contributed by atoms with van der Waals surface area (Å²) in [6.07, 6.45) is 4.15. The third-order valence-corrected chi connectivity index (χ3v) is 5.79. The molecule has 0 aromatic carbocycles. The Kier molecular flexibility index (Phi) is 3.56. The number of thiazole rings is 1. The van der Waals surface area contributed by atoms with Crippen molar-refractivity contribution in [3.63, 3.8) is 0 Å². The van der Waals surface area contributed by atoms with Crippen LogP contribution in [0.2, 0.25) is 0 Å². The van der Waals surface area contributed by atoms with Crippen LogP contribution in [0.25, 0.3) is 0 Å². The van der Waals surface area contributed by atoms with Crippen LogP contribution in [-0.2, 0) is 0 Å². The van der Waals surface area contributed by atoms with Crippen LogP contribution in [0.3, 0.4) is 0 Å². The predicted molar refractivity (Wildman–Crippen MR) is 84.3 cm³/mol. The molecule has 1 aliphatic heterocycles. The van der Waals surface area contributed by atoms with E-state index < -0.39 is 5.97 Å². The highest BCUT2D eigenvalue weighted by molar-refractivity contribution is 7.13. The lowest BCUT2D eigenvalue weighted by molar-refractivity contribution is 0.0701. The Labute approximate surface area is 137 Å². The molecule has 7 nitrogen and oxygen atoms in total. The zero-order valence-electron chi connectivity index (χ0n) is 12.9. The summed E-state index contributed by atoms with van der Waals surface area (Å²) >= 11 is 1.31. The highest BCUT2D eigenvalue weighted by Crippen LogP contribution is 2.40. The quantitative estimate of drug-likeness (QED) is 0.919. The molecule has 0 unspecified atom stereocenters. The topological polar surface area (TPSA) is 92.4 Å². The van der Waals surface area contributed by atoms with Crippen molar-refractivity contribution in [2.24, 2.45) is 0 Å². The second-order valence-electron chi connectivity index (χ2n) is 6.23. The molecule has 4 rings (SSSR count). The van der Waals surface area contributed by atoms with E-state index in [4.69, 9.17) is 9.52 Å². The highest BCUT2D eigenvalue weighted by Gasteiger charge is 2.31. The van der Waals surface area contributed by atoms with Crippen molar-refractivity contribution in [2.45, 2.75) is 44.4 Å². The number of anilines is 1. The number of hydrogen-bond acceptors (Lipinski definition) is 7. The molecule has 122 valence electrons. The molecule has 1 saturated carbocycles. The molecular formula is C15H18N4O3S. The van der Waals surface area contributed by atoms with Crippen molar-refractivity contribution < 1.29 is 14.3 Å². The Hall–Kier alpha value is -1.96. The minimum absolute atomic E-state index is 0.314. The normalized spacial score (nSPS) is 19.3. The summed E-state index contributed by atoms with van der Waals surface area (Å²) < 4.78 is 5.76. The molecule has 2 aliphatic rings. The van der Waals surface area contributed by atoms with Crippen LogP contribution in [0.1, 0.15) is 63.8 Å². The van der Waals surface area contributed by atoms with Crippen molar-refractivity contribution in [1.82, 2.24) is 15.2 Å². The largest absolute Gasteiger partial charge is 0.477 e. The molecule has 0 radical (unpaired) electrons. The SMILES string of the molecule is Cc1nc(C2CCN(c3nnc(C4CC4)o3)CC2)sc1C(=O)O. The first kappa shape index (κ1) is 14.6. The fourth-order valence-electron chi connectivity index (χ4n) is 2.96. The number of aromatic nitrogens is 3. The van der Waals surface area contributed by atoms with Gasteiger partial charge in [-0.3, -0.25) is 0 Å². The molecule has 1 aliphatic carbocycles. The van der Waals surface area contributed by atoms with Gasteiger partial charge in [0.2, 0.25) is 5.89 Å². The van der Waals surface area contributed by atoms with Crippen molar-refractivity contribution in [3.05, 3.63) is 21.5 Å². The number of hydrogen-bond donors (Lipinski definition) is 1. The second kappa shape index (κ2) is 5.59. The number of nitrogens with zero attached hydrogens (tertiary/aromatic N) is 4. The summed E-state index contributed by atoms with van der Waals surface area (Å²) in [5, 5.41) is 18.4. The van der Waals surface area contributed by atoms with E-state index in [2.05, 4.69) is 20.1 Å². The van der Waals surface area contributed by atoms with Crippen molar-refractivity contribution in [3.8, 4) is 0 Å². The van der Waals surface area contributed by atoms with Crippen molar-refractivity contribution in [1.29, 1.82) is 0 Å². The van der Waals surface area contributed by atoms with Crippen LogP contribution < -0.4 is 4.90 Å². The van der Waals surface area contributed by atoms with Gasteiger partial charge in [-0.25, -0.2) is 9.78 Å². The first-order valence-electron chi connectivity index (χ1n) is 7.91. The number of rotatable bonds is 4. The highest BCUT2D eigenvalue weighted by atomic mass is 32.1. The summed E-state index contributed by atoms with van der Waals surface area (Å²) in [4.78, 5) is 18.1. The van der Waals surface area contributed by atoms with Gasteiger partial charge in [-0.15, -0.1) is 16.4 Å². The lowest BCUT2D eigenvalue weighted by Gasteiger charge is -2.29. The Bertz CT molecular complexity index is 729. The van der Waals surface area contributed by atoms with Gasteiger partial charge in [0.1, 0.15) is 4.88 Å². The van der Waals surface area contributed by atoms with Crippen molar-refractivity contribution >= 4 is 23.3 Å². The monoisotopic (exact) mass is 334 g/mol. The average Bonchev–Trinajstić information content (AvgIpc) is 3.14. The van der Waals surface area contributed by atoms with Crippen LogP contribution in [0.5, 0.6) is 0 Å². The molecule has 0 bridgehead atoms. The third-order valence-electron chi connectivity index (χ3n) is 4.48. The van der Waals surface area contributed by atoms with Gasteiger partial charge in [0.25, 0.3) is 0 Å². The summed E-state index contributed by atoms with van der Waals surface area (Å²) in [7, 11) is 0. The van der Waals surface area contributed by atoms with E-state index >= 15 is 0 Å². The average molecular weight is 334 g/mol. The number of carboxylic acid groups (broad SMARTS) is 1. The Balaban J connectivity index is 1.42. The van der Waals surface area contributed by atoms with Gasteiger partial charge in [0.05, 0.1) is 10.7 Å². The standard InChI is InChI=1S/C15H18N4O3S/c1-8-11(14(20)21)23-13(16-8)10-4-6-19(7-5-10)15-18-17-12(22-15)9-2-3-9/h9-10H,2-7H2,1H3,(H,20,21). The molecule has 3 heterocycles. The van der Waals surface area contributed by atoms with Crippen LogP contribution in [0, 0.1) is 6.92 Å². The molecule has 2 aromatic rings. The molecule has 2 aromatic heterocycles. The summed E-state index contributed by atoms with van der Waals surface area (Å²) in [6.45, 7) is 3.42. The molecule has 0 amide bonds. The van der Waals surface area contributed by atoms with E-state index in [9.17, 15) is 4.79 Å². The van der Waals surface area contributed by atoms with E-state index in [1.165, 1.54) is 11.3 Å². The Morgan fingerprint density at radius 1 is 1.22 bits per heavy atom. The maximum atomic E-state index is 11.2. The Morgan fingerprint density at radius 3 is 2.57 bits per heavy atom. The second-order valence-corrected chi connectivity index (χ2v) is 7.26. The summed E-state index contributed by atoms with van der Waals surface area (Å²) in [5.74, 6) is 0.668. The van der Waals surface area contributed by atoms with Gasteiger partial charge in [0, 0.05) is 24.9 Å². The van der Waals surface area contributed by atoms with Crippen LogP contribution in [-0.4, -0.2) is 39.3 Å². The van der Waals surface area contributed by atoms with Gasteiger partial charge in [-0.2, -0.15) is 0 Å². The van der Waals surface area contributed by atoms with Crippen LogP contribution in [0.4, 0.5) is 6.01 Å². The maximum absolute atomic E-state index is 11.2. The number of aromatic carboxylic acids is 1. The zero-order chi connectivity index (χ0) is 16.0. The van der Waals surface area contributed by atoms with Crippen molar-refractivity contribution in [2.75, 3.05) is 18.0 Å². The van der Waals surface area contributed by atoms with E-state index in [1.54, 1.807) is 6.92 Å². The lowest BCUT2D eigenvalue weighted by atomic mass is 9.98. The van der Waals surface area contributed by atoms with E-state index in [0.29, 0.717) is 28.4 Å². The first-order valence-corrected chi connectivity index (χ1v) is 8.72. The van der Waals surface area contributed by atoms with Gasteiger partial charge in [-0.1, -0.05) is 5.10 Å². The summed E-state index contributed by atoms with van der Waals surface area (Å²) in [6, 6.07) is 0.617. The minimum atomic E-state index is -0.887. The van der Waals surface area contributed by atoms with E-state index in [-0.39, 0.29) is 0 Å². The Morgan fingerprint density at radius 2 is 1.96 bits per heavy atom. The third kappa shape index (κ3) is 2.83. The number of carbonyl (C=O) groups is 1. The lowest BCUT2D eigenvalue weighted by Crippen LogP contribution is -2.33. The molecule has 0 spiro atoms. The molecule has 8 heteroatoms. The molecule has 23 heavy (non-hydrogen) atoms.